The summed E-state index contributed by atoms with van der Waals surface area (Å²) in [6.07, 6.45) is 0.464. The Hall–Kier alpha value is -1.84. The number of primary amides is 1. The number of rotatable bonds is 4. The van der Waals surface area contributed by atoms with Crippen molar-refractivity contribution in [2.75, 3.05) is 7.11 Å². The maximum Gasteiger partial charge on any atom is 0.309 e. The van der Waals surface area contributed by atoms with Crippen LogP contribution in [0, 0.1) is 0 Å². The van der Waals surface area contributed by atoms with Gasteiger partial charge in [0.25, 0.3) is 0 Å². The van der Waals surface area contributed by atoms with Crippen molar-refractivity contribution in [2.24, 2.45) is 5.73 Å². The average molecular weight is 207 g/mol. The number of methoxy groups -OCH3 is 1. The molecule has 0 atom stereocenters. The number of esters is 1. The van der Waals surface area contributed by atoms with E-state index in [1.165, 1.54) is 7.11 Å². The van der Waals surface area contributed by atoms with E-state index in [2.05, 4.69) is 4.74 Å². The van der Waals surface area contributed by atoms with Crippen molar-refractivity contribution in [3.8, 4) is 0 Å². The molecule has 1 aromatic rings. The van der Waals surface area contributed by atoms with Crippen LogP contribution < -0.4 is 5.73 Å². The summed E-state index contributed by atoms with van der Waals surface area (Å²) in [7, 11) is 1.35. The number of carbonyl (C=O) groups is 2. The lowest BCUT2D eigenvalue weighted by Gasteiger charge is -2.01. The van der Waals surface area contributed by atoms with Gasteiger partial charge in [-0.3, -0.25) is 9.59 Å². The van der Waals surface area contributed by atoms with E-state index >= 15 is 0 Å². The van der Waals surface area contributed by atoms with Gasteiger partial charge in [0.15, 0.2) is 0 Å². The molecular weight excluding hydrogens is 194 g/mol. The van der Waals surface area contributed by atoms with Gasteiger partial charge in [-0.05, 0) is 11.1 Å². The molecule has 0 aromatic heterocycles. The molecule has 0 aliphatic heterocycles. The number of amides is 1. The Bertz CT molecular complexity index is 357. The fourth-order valence-electron chi connectivity index (χ4n) is 1.21. The summed E-state index contributed by atoms with van der Waals surface area (Å²) in [5, 5.41) is 0. The van der Waals surface area contributed by atoms with Crippen molar-refractivity contribution >= 4 is 11.9 Å². The van der Waals surface area contributed by atoms with Crippen LogP contribution in [0.4, 0.5) is 0 Å². The van der Waals surface area contributed by atoms with Crippen LogP contribution in [-0.4, -0.2) is 19.0 Å². The van der Waals surface area contributed by atoms with E-state index in [0.717, 1.165) is 11.1 Å². The minimum Gasteiger partial charge on any atom is -0.469 e. The van der Waals surface area contributed by atoms with Gasteiger partial charge in [-0.25, -0.2) is 0 Å². The number of benzene rings is 1. The Balaban J connectivity index is 2.64. The van der Waals surface area contributed by atoms with Gasteiger partial charge < -0.3 is 10.5 Å². The van der Waals surface area contributed by atoms with Crippen molar-refractivity contribution in [1.29, 1.82) is 0 Å². The van der Waals surface area contributed by atoms with Gasteiger partial charge in [0, 0.05) is 0 Å². The van der Waals surface area contributed by atoms with E-state index < -0.39 is 0 Å². The van der Waals surface area contributed by atoms with Gasteiger partial charge >= 0.3 is 5.97 Å². The molecule has 0 bridgehead atoms. The molecule has 0 spiro atoms. The summed E-state index contributed by atoms with van der Waals surface area (Å²) in [6.45, 7) is 0. The highest BCUT2D eigenvalue weighted by molar-refractivity contribution is 5.76. The van der Waals surface area contributed by atoms with Crippen molar-refractivity contribution in [3.05, 3.63) is 35.4 Å². The summed E-state index contributed by atoms with van der Waals surface area (Å²) in [5.41, 5.74) is 6.75. The second-order valence-corrected chi connectivity index (χ2v) is 3.21. The third kappa shape index (κ3) is 3.81. The maximum atomic E-state index is 10.9. The number of hydrogen-bond donors (Lipinski definition) is 1. The molecule has 1 amide bonds. The zero-order valence-corrected chi connectivity index (χ0v) is 8.53. The molecule has 1 rings (SSSR count). The molecule has 0 heterocycles. The zero-order valence-electron chi connectivity index (χ0n) is 8.53. The van der Waals surface area contributed by atoms with Crippen LogP contribution >= 0.6 is 0 Å². The molecule has 0 aliphatic carbocycles. The van der Waals surface area contributed by atoms with E-state index in [0.29, 0.717) is 0 Å². The summed E-state index contributed by atoms with van der Waals surface area (Å²) in [5.74, 6) is -0.645. The van der Waals surface area contributed by atoms with Crippen LogP contribution in [0.3, 0.4) is 0 Å². The van der Waals surface area contributed by atoms with Crippen LogP contribution in [0.1, 0.15) is 11.1 Å². The smallest absolute Gasteiger partial charge is 0.309 e. The normalized spacial score (nSPS) is 9.67. The Labute approximate surface area is 88.0 Å². The monoisotopic (exact) mass is 207 g/mol. The quantitative estimate of drug-likeness (QED) is 0.728. The van der Waals surface area contributed by atoms with Crippen LogP contribution in [0.2, 0.25) is 0 Å². The van der Waals surface area contributed by atoms with Crippen LogP contribution in [-0.2, 0) is 27.2 Å². The molecule has 1 aromatic carbocycles. The molecule has 4 nitrogen and oxygen atoms in total. The highest BCUT2D eigenvalue weighted by Crippen LogP contribution is 2.06. The Morgan fingerprint density at radius 3 is 2.00 bits per heavy atom. The van der Waals surface area contributed by atoms with E-state index in [1.54, 1.807) is 24.3 Å². The first-order valence-electron chi connectivity index (χ1n) is 4.54. The second-order valence-electron chi connectivity index (χ2n) is 3.21. The van der Waals surface area contributed by atoms with E-state index in [1.807, 2.05) is 0 Å². The molecular formula is C11H13NO3. The number of nitrogens with two attached hydrogens (primary N) is 1. The van der Waals surface area contributed by atoms with Gasteiger partial charge in [-0.2, -0.15) is 0 Å². The first kappa shape index (κ1) is 11.2. The summed E-state index contributed by atoms with van der Waals surface area (Å²) >= 11 is 0. The molecule has 0 unspecified atom stereocenters. The molecule has 0 radical (unpaired) electrons. The summed E-state index contributed by atoms with van der Waals surface area (Å²) in [6, 6.07) is 7.14. The number of carbonyl (C=O) groups excluding carboxylic acids is 2. The lowest BCUT2D eigenvalue weighted by Crippen LogP contribution is -2.13. The largest absolute Gasteiger partial charge is 0.469 e. The Kier molecular flexibility index (Phi) is 3.85. The molecule has 80 valence electrons. The van der Waals surface area contributed by atoms with Gasteiger partial charge in [-0.1, -0.05) is 24.3 Å². The zero-order chi connectivity index (χ0) is 11.3. The van der Waals surface area contributed by atoms with Crippen LogP contribution in [0.5, 0.6) is 0 Å². The Morgan fingerprint density at radius 2 is 1.60 bits per heavy atom. The number of hydrogen-bond acceptors (Lipinski definition) is 3. The molecule has 4 heteroatoms. The van der Waals surface area contributed by atoms with Crippen LogP contribution in [0.25, 0.3) is 0 Å². The summed E-state index contributed by atoms with van der Waals surface area (Å²) < 4.78 is 4.54. The van der Waals surface area contributed by atoms with Gasteiger partial charge in [-0.15, -0.1) is 0 Å². The molecule has 0 saturated carbocycles. The second kappa shape index (κ2) is 5.14. The fourth-order valence-corrected chi connectivity index (χ4v) is 1.21. The van der Waals surface area contributed by atoms with Crippen molar-refractivity contribution in [1.82, 2.24) is 0 Å². The Morgan fingerprint density at radius 1 is 1.13 bits per heavy atom. The first-order chi connectivity index (χ1) is 7.11. The number of ether oxygens (including phenoxy) is 1. The van der Waals surface area contributed by atoms with Gasteiger partial charge in [0.1, 0.15) is 0 Å². The average Bonchev–Trinajstić information content (AvgIpc) is 2.20. The van der Waals surface area contributed by atoms with Gasteiger partial charge in [0.05, 0.1) is 20.0 Å². The molecule has 0 aliphatic rings. The third-order valence-electron chi connectivity index (χ3n) is 1.98. The van der Waals surface area contributed by atoms with E-state index in [-0.39, 0.29) is 24.7 Å². The predicted molar refractivity (Wildman–Crippen MR) is 55.1 cm³/mol. The molecule has 0 saturated heterocycles. The standard InChI is InChI=1S/C11H13NO3/c1-15-11(14)7-9-4-2-8(3-5-9)6-10(12)13/h2-5H,6-7H2,1H3,(H2,12,13). The molecule has 2 N–H and O–H groups in total. The summed E-state index contributed by atoms with van der Waals surface area (Å²) in [4.78, 5) is 21.6. The molecule has 15 heavy (non-hydrogen) atoms. The predicted octanol–water partition coefficient (Wildman–Crippen LogP) is 0.430. The maximum absolute atomic E-state index is 10.9. The lowest BCUT2D eigenvalue weighted by atomic mass is 10.1. The van der Waals surface area contributed by atoms with Gasteiger partial charge in [0.2, 0.25) is 5.91 Å². The van der Waals surface area contributed by atoms with Crippen LogP contribution in [0.15, 0.2) is 24.3 Å². The lowest BCUT2D eigenvalue weighted by molar-refractivity contribution is -0.139. The van der Waals surface area contributed by atoms with Crippen molar-refractivity contribution in [3.63, 3.8) is 0 Å². The van der Waals surface area contributed by atoms with Crippen molar-refractivity contribution in [2.45, 2.75) is 12.8 Å². The first-order valence-corrected chi connectivity index (χ1v) is 4.54. The van der Waals surface area contributed by atoms with E-state index in [4.69, 9.17) is 5.73 Å². The SMILES string of the molecule is COC(=O)Cc1ccc(CC(N)=O)cc1. The third-order valence-corrected chi connectivity index (χ3v) is 1.98. The minimum absolute atomic E-state index is 0.221. The van der Waals surface area contributed by atoms with Crippen molar-refractivity contribution < 1.29 is 14.3 Å². The molecule has 0 fully saturated rings. The highest BCUT2D eigenvalue weighted by Gasteiger charge is 2.03. The topological polar surface area (TPSA) is 69.4 Å². The highest BCUT2D eigenvalue weighted by atomic mass is 16.5. The fraction of sp³-hybridized carbons (Fsp3) is 0.273. The minimum atomic E-state index is -0.365. The van der Waals surface area contributed by atoms with E-state index in [9.17, 15) is 9.59 Å².